The highest BCUT2D eigenvalue weighted by atomic mass is 16.1. The topological polar surface area (TPSA) is 74.0 Å². The van der Waals surface area contributed by atoms with Gasteiger partial charge in [0.25, 0.3) is 5.91 Å². The molecule has 124 valence electrons. The molecule has 6 heteroatoms. The molecule has 1 aliphatic rings. The van der Waals surface area contributed by atoms with Gasteiger partial charge in [-0.25, -0.2) is 4.98 Å². The maximum atomic E-state index is 12.0. The predicted octanol–water partition coefficient (Wildman–Crippen LogP) is 2.38. The maximum absolute atomic E-state index is 12.0. The first-order valence-electron chi connectivity index (χ1n) is 8.16. The first-order valence-corrected chi connectivity index (χ1v) is 8.16. The molecule has 1 amide bonds. The van der Waals surface area contributed by atoms with E-state index in [0.717, 1.165) is 37.3 Å². The highest BCUT2D eigenvalue weighted by molar-refractivity contribution is 5.92. The van der Waals surface area contributed by atoms with E-state index in [2.05, 4.69) is 21.3 Å². The second kappa shape index (κ2) is 6.75. The van der Waals surface area contributed by atoms with Crippen LogP contribution in [0.1, 0.15) is 47.1 Å². The van der Waals surface area contributed by atoms with Gasteiger partial charge in [-0.1, -0.05) is 0 Å². The van der Waals surface area contributed by atoms with Crippen molar-refractivity contribution >= 4 is 11.7 Å². The third-order valence-electron chi connectivity index (χ3n) is 4.64. The van der Waals surface area contributed by atoms with Gasteiger partial charge in [-0.3, -0.25) is 4.79 Å². The molecule has 0 bridgehead atoms. The molecule has 6 nitrogen and oxygen atoms in total. The third kappa shape index (κ3) is 2.85. The van der Waals surface area contributed by atoms with Crippen LogP contribution in [0.5, 0.6) is 0 Å². The van der Waals surface area contributed by atoms with Crippen molar-refractivity contribution in [1.29, 1.82) is 5.26 Å². The summed E-state index contributed by atoms with van der Waals surface area (Å²) < 4.78 is 1.96. The van der Waals surface area contributed by atoms with Crippen molar-refractivity contribution in [3.63, 3.8) is 0 Å². The first-order chi connectivity index (χ1) is 11.7. The van der Waals surface area contributed by atoms with E-state index in [0.29, 0.717) is 11.3 Å². The Bertz CT molecular complexity index is 772. The number of pyridine rings is 1. The van der Waals surface area contributed by atoms with Crippen molar-refractivity contribution in [3.8, 4) is 6.07 Å². The zero-order chi connectivity index (χ0) is 17.1. The minimum absolute atomic E-state index is 0.0809. The standard InChI is InChI=1S/C18H21N5O/c1-20-18(24)16-8-7-14(22(16)2)15-5-3-4-10-23(15)17-9-6-13(11-19)12-21-17/h6-9,12,15H,3-5,10H2,1-2H3,(H,20,24)/t15-/m0/s1. The molecule has 0 spiro atoms. The average Bonchev–Trinajstić information content (AvgIpc) is 3.02. The first kappa shape index (κ1) is 16.1. The normalized spacial score (nSPS) is 17.4. The van der Waals surface area contributed by atoms with Gasteiger partial charge in [0.05, 0.1) is 11.6 Å². The van der Waals surface area contributed by atoms with Crippen LogP contribution in [0.3, 0.4) is 0 Å². The van der Waals surface area contributed by atoms with Crippen LogP contribution < -0.4 is 10.2 Å². The van der Waals surface area contributed by atoms with E-state index in [1.165, 1.54) is 0 Å². The number of aromatic nitrogens is 2. The number of carbonyl (C=O) groups is 1. The molecule has 0 aliphatic carbocycles. The van der Waals surface area contributed by atoms with Gasteiger partial charge in [0, 0.05) is 32.5 Å². The number of carbonyl (C=O) groups excluding carboxylic acids is 1. The Labute approximate surface area is 141 Å². The summed E-state index contributed by atoms with van der Waals surface area (Å²) in [5, 5.41) is 11.6. The van der Waals surface area contributed by atoms with Gasteiger partial charge in [-0.15, -0.1) is 0 Å². The molecule has 3 heterocycles. The van der Waals surface area contributed by atoms with Crippen LogP contribution in [-0.4, -0.2) is 29.1 Å². The quantitative estimate of drug-likeness (QED) is 0.941. The number of nitrogens with one attached hydrogen (secondary N) is 1. The number of nitriles is 1. The van der Waals surface area contributed by atoms with E-state index >= 15 is 0 Å². The van der Waals surface area contributed by atoms with E-state index in [1.54, 1.807) is 19.3 Å². The van der Waals surface area contributed by atoms with E-state index in [-0.39, 0.29) is 11.9 Å². The van der Waals surface area contributed by atoms with Gasteiger partial charge in [0.1, 0.15) is 17.6 Å². The smallest absolute Gasteiger partial charge is 0.267 e. The number of nitrogens with zero attached hydrogens (tertiary/aromatic N) is 4. The van der Waals surface area contributed by atoms with Crippen LogP contribution in [0, 0.1) is 11.3 Å². The molecule has 0 unspecified atom stereocenters. The van der Waals surface area contributed by atoms with Crippen LogP contribution >= 0.6 is 0 Å². The summed E-state index contributed by atoms with van der Waals surface area (Å²) in [5.41, 5.74) is 2.33. The number of amides is 1. The monoisotopic (exact) mass is 323 g/mol. The Kier molecular flexibility index (Phi) is 4.52. The Hall–Kier alpha value is -2.81. The number of rotatable bonds is 3. The molecule has 0 aromatic carbocycles. The van der Waals surface area contributed by atoms with Crippen molar-refractivity contribution in [3.05, 3.63) is 47.4 Å². The van der Waals surface area contributed by atoms with Gasteiger partial charge < -0.3 is 14.8 Å². The fraction of sp³-hybridized carbons (Fsp3) is 0.389. The van der Waals surface area contributed by atoms with Crippen molar-refractivity contribution in [2.24, 2.45) is 7.05 Å². The van der Waals surface area contributed by atoms with Crippen LogP contribution in [0.4, 0.5) is 5.82 Å². The lowest BCUT2D eigenvalue weighted by Gasteiger charge is -2.37. The summed E-state index contributed by atoms with van der Waals surface area (Å²) >= 11 is 0. The molecule has 1 atom stereocenters. The average molecular weight is 323 g/mol. The SMILES string of the molecule is CNC(=O)c1ccc([C@@H]2CCCCN2c2ccc(C#N)cn2)n1C. The second-order valence-electron chi connectivity index (χ2n) is 6.00. The maximum Gasteiger partial charge on any atom is 0.267 e. The lowest BCUT2D eigenvalue weighted by atomic mass is 9.99. The van der Waals surface area contributed by atoms with E-state index in [9.17, 15) is 4.79 Å². The van der Waals surface area contributed by atoms with Gasteiger partial charge in [0.2, 0.25) is 0 Å². The minimum atomic E-state index is -0.0809. The minimum Gasteiger partial charge on any atom is -0.354 e. The Balaban J connectivity index is 1.94. The van der Waals surface area contributed by atoms with Gasteiger partial charge in [-0.2, -0.15) is 5.26 Å². The lowest BCUT2D eigenvalue weighted by Crippen LogP contribution is -2.35. The number of piperidine rings is 1. The molecule has 0 saturated carbocycles. The predicted molar refractivity (Wildman–Crippen MR) is 91.7 cm³/mol. The molecule has 1 aliphatic heterocycles. The van der Waals surface area contributed by atoms with E-state index < -0.39 is 0 Å². The van der Waals surface area contributed by atoms with Gasteiger partial charge >= 0.3 is 0 Å². The van der Waals surface area contributed by atoms with Gasteiger partial charge in [0.15, 0.2) is 0 Å². The number of hydrogen-bond acceptors (Lipinski definition) is 4. The zero-order valence-electron chi connectivity index (χ0n) is 14.0. The fourth-order valence-corrected chi connectivity index (χ4v) is 3.35. The zero-order valence-corrected chi connectivity index (χ0v) is 14.0. The Morgan fingerprint density at radius 2 is 2.17 bits per heavy atom. The van der Waals surface area contributed by atoms with E-state index in [4.69, 9.17) is 5.26 Å². The van der Waals surface area contributed by atoms with Gasteiger partial charge in [-0.05, 0) is 43.5 Å². The van der Waals surface area contributed by atoms with Crippen LogP contribution in [0.15, 0.2) is 30.5 Å². The van der Waals surface area contributed by atoms with Crippen LogP contribution in [0.2, 0.25) is 0 Å². The summed E-state index contributed by atoms with van der Waals surface area (Å²) in [6.07, 6.45) is 4.90. The molecule has 1 N–H and O–H groups in total. The number of hydrogen-bond donors (Lipinski definition) is 1. The second-order valence-corrected chi connectivity index (χ2v) is 6.00. The molecular weight excluding hydrogens is 302 g/mol. The van der Waals surface area contributed by atoms with Crippen LogP contribution in [-0.2, 0) is 7.05 Å². The van der Waals surface area contributed by atoms with Crippen molar-refractivity contribution in [2.45, 2.75) is 25.3 Å². The Morgan fingerprint density at radius 1 is 1.33 bits per heavy atom. The van der Waals surface area contributed by atoms with Crippen LogP contribution in [0.25, 0.3) is 0 Å². The third-order valence-corrected chi connectivity index (χ3v) is 4.64. The highest BCUT2D eigenvalue weighted by Crippen LogP contribution is 2.34. The largest absolute Gasteiger partial charge is 0.354 e. The molecule has 1 saturated heterocycles. The molecule has 3 rings (SSSR count). The summed E-state index contributed by atoms with van der Waals surface area (Å²) in [5.74, 6) is 0.795. The van der Waals surface area contributed by atoms with Crippen molar-refractivity contribution in [1.82, 2.24) is 14.9 Å². The van der Waals surface area contributed by atoms with Crippen molar-refractivity contribution < 1.29 is 4.79 Å². The summed E-state index contributed by atoms with van der Waals surface area (Å²) in [6, 6.07) is 9.88. The molecule has 2 aromatic heterocycles. The molecule has 1 fully saturated rings. The molecule has 0 radical (unpaired) electrons. The molecule has 2 aromatic rings. The lowest BCUT2D eigenvalue weighted by molar-refractivity contribution is 0.0954. The highest BCUT2D eigenvalue weighted by Gasteiger charge is 2.28. The molecular formula is C18H21N5O. The summed E-state index contributed by atoms with van der Waals surface area (Å²) in [6.45, 7) is 0.921. The number of anilines is 1. The summed E-state index contributed by atoms with van der Waals surface area (Å²) in [7, 11) is 3.57. The summed E-state index contributed by atoms with van der Waals surface area (Å²) in [4.78, 5) is 18.7. The Morgan fingerprint density at radius 3 is 2.83 bits per heavy atom. The molecule has 24 heavy (non-hydrogen) atoms. The fourth-order valence-electron chi connectivity index (χ4n) is 3.35. The van der Waals surface area contributed by atoms with E-state index in [1.807, 2.05) is 29.8 Å². The van der Waals surface area contributed by atoms with Crippen molar-refractivity contribution in [2.75, 3.05) is 18.5 Å².